The molecule has 1 heterocycles. The highest BCUT2D eigenvalue weighted by atomic mass is 35.5. The van der Waals surface area contributed by atoms with Crippen molar-refractivity contribution in [3.63, 3.8) is 0 Å². The molecule has 0 spiro atoms. The van der Waals surface area contributed by atoms with Crippen LogP contribution in [0.5, 0.6) is 0 Å². The lowest BCUT2D eigenvalue weighted by molar-refractivity contribution is 0.756. The summed E-state index contributed by atoms with van der Waals surface area (Å²) in [5, 5.41) is 19.8. The third-order valence-corrected chi connectivity index (χ3v) is 3.09. The predicted octanol–water partition coefficient (Wildman–Crippen LogP) is 3.04. The first-order valence-electron chi connectivity index (χ1n) is 4.52. The number of hydrogen-bond acceptors (Lipinski definition) is 6. The Labute approximate surface area is 112 Å². The fourth-order valence-electron chi connectivity index (χ4n) is 1.05. The van der Waals surface area contributed by atoms with Crippen LogP contribution in [0.25, 0.3) is 0 Å². The first kappa shape index (κ1) is 12.3. The van der Waals surface area contributed by atoms with Crippen LogP contribution in [0.3, 0.4) is 0 Å². The SMILES string of the molecule is CSc1nnc(Nc2ccc(Cl)c(Cl)c2)nn1. The molecule has 2 rings (SSSR count). The summed E-state index contributed by atoms with van der Waals surface area (Å²) >= 11 is 13.1. The van der Waals surface area contributed by atoms with E-state index in [2.05, 4.69) is 25.7 Å². The Kier molecular flexibility index (Phi) is 3.98. The molecule has 8 heteroatoms. The summed E-state index contributed by atoms with van der Waals surface area (Å²) in [4.78, 5) is 0. The number of benzene rings is 1. The molecule has 0 aliphatic carbocycles. The molecule has 0 atom stereocenters. The van der Waals surface area contributed by atoms with Crippen LogP contribution >= 0.6 is 35.0 Å². The van der Waals surface area contributed by atoms with Crippen molar-refractivity contribution in [2.75, 3.05) is 11.6 Å². The molecule has 0 bridgehead atoms. The minimum absolute atomic E-state index is 0.307. The van der Waals surface area contributed by atoms with E-state index in [0.29, 0.717) is 21.2 Å². The fraction of sp³-hybridized carbons (Fsp3) is 0.111. The van der Waals surface area contributed by atoms with Gasteiger partial charge in [-0.25, -0.2) is 0 Å². The molecular weight excluding hydrogens is 281 g/mol. The number of halogens is 2. The zero-order valence-corrected chi connectivity index (χ0v) is 11.0. The Morgan fingerprint density at radius 3 is 2.35 bits per heavy atom. The standard InChI is InChI=1S/C9H7Cl2N5S/c1-17-9-15-13-8(14-16-9)12-5-2-3-6(10)7(11)4-5/h2-4H,1H3,(H,12,13,14). The van der Waals surface area contributed by atoms with Crippen LogP contribution in [0.1, 0.15) is 0 Å². The average Bonchev–Trinajstić information content (AvgIpc) is 2.35. The number of hydrogen-bond donors (Lipinski definition) is 1. The third kappa shape index (κ3) is 3.18. The second kappa shape index (κ2) is 5.48. The Bertz CT molecular complexity index is 519. The largest absolute Gasteiger partial charge is 0.322 e. The zero-order chi connectivity index (χ0) is 12.3. The maximum atomic E-state index is 5.88. The molecule has 0 aliphatic rings. The molecular formula is C9H7Cl2N5S. The van der Waals surface area contributed by atoms with Crippen molar-refractivity contribution < 1.29 is 0 Å². The second-order valence-corrected chi connectivity index (χ2v) is 4.55. The van der Waals surface area contributed by atoms with Gasteiger partial charge >= 0.3 is 0 Å². The van der Waals surface area contributed by atoms with Crippen LogP contribution in [-0.2, 0) is 0 Å². The lowest BCUT2D eigenvalue weighted by Crippen LogP contribution is -2.02. The van der Waals surface area contributed by atoms with E-state index < -0.39 is 0 Å². The number of anilines is 2. The molecule has 0 amide bonds. The van der Waals surface area contributed by atoms with Crippen molar-refractivity contribution in [2.24, 2.45) is 0 Å². The normalized spacial score (nSPS) is 10.3. The van der Waals surface area contributed by atoms with E-state index in [1.807, 2.05) is 6.26 Å². The summed E-state index contributed by atoms with van der Waals surface area (Å²) in [5.74, 6) is 0.307. The van der Waals surface area contributed by atoms with Crippen molar-refractivity contribution in [1.29, 1.82) is 0 Å². The van der Waals surface area contributed by atoms with Gasteiger partial charge in [0.2, 0.25) is 5.16 Å². The van der Waals surface area contributed by atoms with Gasteiger partial charge in [0.1, 0.15) is 0 Å². The van der Waals surface area contributed by atoms with E-state index >= 15 is 0 Å². The van der Waals surface area contributed by atoms with E-state index in [-0.39, 0.29) is 0 Å². The Morgan fingerprint density at radius 1 is 1.06 bits per heavy atom. The number of nitrogens with zero attached hydrogens (tertiary/aromatic N) is 4. The van der Waals surface area contributed by atoms with Gasteiger partial charge in [-0.3, -0.25) is 0 Å². The van der Waals surface area contributed by atoms with Crippen molar-refractivity contribution in [1.82, 2.24) is 20.4 Å². The van der Waals surface area contributed by atoms with Crippen molar-refractivity contribution in [3.8, 4) is 0 Å². The minimum atomic E-state index is 0.307. The topological polar surface area (TPSA) is 63.6 Å². The van der Waals surface area contributed by atoms with Crippen molar-refractivity contribution >= 4 is 46.6 Å². The van der Waals surface area contributed by atoms with Crippen LogP contribution in [0.2, 0.25) is 10.0 Å². The molecule has 0 saturated carbocycles. The molecule has 1 aromatic carbocycles. The monoisotopic (exact) mass is 287 g/mol. The van der Waals surface area contributed by atoms with Crippen LogP contribution in [-0.4, -0.2) is 26.7 Å². The number of thioether (sulfide) groups is 1. The first-order valence-corrected chi connectivity index (χ1v) is 6.50. The Balaban J connectivity index is 2.16. The van der Waals surface area contributed by atoms with Crippen LogP contribution < -0.4 is 5.32 Å². The molecule has 2 aromatic rings. The molecule has 0 saturated heterocycles. The first-order chi connectivity index (χ1) is 8.19. The molecule has 5 nitrogen and oxygen atoms in total. The van der Waals surface area contributed by atoms with E-state index in [0.717, 1.165) is 5.69 Å². The van der Waals surface area contributed by atoms with Gasteiger partial charge in [-0.1, -0.05) is 35.0 Å². The third-order valence-electron chi connectivity index (χ3n) is 1.82. The van der Waals surface area contributed by atoms with Crippen molar-refractivity contribution in [2.45, 2.75) is 5.16 Å². The molecule has 1 aromatic heterocycles. The van der Waals surface area contributed by atoms with E-state index in [1.165, 1.54) is 11.8 Å². The maximum Gasteiger partial charge on any atom is 0.266 e. The van der Waals surface area contributed by atoms with Gasteiger partial charge in [-0.15, -0.1) is 20.4 Å². The van der Waals surface area contributed by atoms with Crippen molar-refractivity contribution in [3.05, 3.63) is 28.2 Å². The molecule has 17 heavy (non-hydrogen) atoms. The van der Waals surface area contributed by atoms with Crippen LogP contribution in [0.15, 0.2) is 23.4 Å². The van der Waals surface area contributed by atoms with Gasteiger partial charge in [0.05, 0.1) is 10.0 Å². The van der Waals surface area contributed by atoms with E-state index in [9.17, 15) is 0 Å². The number of aromatic nitrogens is 4. The zero-order valence-electron chi connectivity index (χ0n) is 8.69. The summed E-state index contributed by atoms with van der Waals surface area (Å²) < 4.78 is 0. The van der Waals surface area contributed by atoms with Gasteiger partial charge < -0.3 is 5.32 Å². The van der Waals surface area contributed by atoms with Crippen LogP contribution in [0.4, 0.5) is 11.6 Å². The summed E-state index contributed by atoms with van der Waals surface area (Å²) in [6, 6.07) is 5.12. The molecule has 0 fully saturated rings. The minimum Gasteiger partial charge on any atom is -0.322 e. The second-order valence-electron chi connectivity index (χ2n) is 2.96. The Morgan fingerprint density at radius 2 is 1.76 bits per heavy atom. The van der Waals surface area contributed by atoms with E-state index in [4.69, 9.17) is 23.2 Å². The lowest BCUT2D eigenvalue weighted by atomic mass is 10.3. The van der Waals surface area contributed by atoms with Gasteiger partial charge in [0.25, 0.3) is 5.95 Å². The fourth-order valence-corrected chi connectivity index (χ4v) is 1.60. The van der Waals surface area contributed by atoms with Gasteiger partial charge in [0.15, 0.2) is 0 Å². The highest BCUT2D eigenvalue weighted by molar-refractivity contribution is 7.98. The summed E-state index contributed by atoms with van der Waals surface area (Å²) in [7, 11) is 0. The van der Waals surface area contributed by atoms with Gasteiger partial charge in [-0.05, 0) is 24.5 Å². The average molecular weight is 288 g/mol. The number of rotatable bonds is 3. The maximum absolute atomic E-state index is 5.88. The van der Waals surface area contributed by atoms with Crippen LogP contribution in [0, 0.1) is 0 Å². The summed E-state index contributed by atoms with van der Waals surface area (Å²) in [6.45, 7) is 0. The highest BCUT2D eigenvalue weighted by Gasteiger charge is 2.03. The van der Waals surface area contributed by atoms with Gasteiger partial charge in [-0.2, -0.15) is 0 Å². The molecule has 0 radical (unpaired) electrons. The summed E-state index contributed by atoms with van der Waals surface area (Å²) in [6.07, 6.45) is 1.85. The smallest absolute Gasteiger partial charge is 0.266 e. The highest BCUT2D eigenvalue weighted by Crippen LogP contribution is 2.25. The molecule has 1 N–H and O–H groups in total. The number of nitrogens with one attached hydrogen (secondary N) is 1. The quantitative estimate of drug-likeness (QED) is 0.876. The Hall–Kier alpha value is -1.11. The summed E-state index contributed by atoms with van der Waals surface area (Å²) in [5.41, 5.74) is 0.722. The molecule has 88 valence electrons. The van der Waals surface area contributed by atoms with E-state index in [1.54, 1.807) is 18.2 Å². The predicted molar refractivity (Wildman–Crippen MR) is 69.1 cm³/mol. The van der Waals surface area contributed by atoms with Gasteiger partial charge in [0, 0.05) is 5.69 Å². The molecule has 0 aliphatic heterocycles. The lowest BCUT2D eigenvalue weighted by Gasteiger charge is -2.04. The molecule has 0 unspecified atom stereocenters.